The van der Waals surface area contributed by atoms with Crippen LogP contribution in [0.2, 0.25) is 5.02 Å². The van der Waals surface area contributed by atoms with E-state index in [2.05, 4.69) is 15.4 Å². The third-order valence-corrected chi connectivity index (χ3v) is 3.91. The number of rotatable bonds is 4. The summed E-state index contributed by atoms with van der Waals surface area (Å²) in [6.45, 7) is 1.62. The molecule has 0 saturated heterocycles. The Bertz CT molecular complexity index is 939. The van der Waals surface area contributed by atoms with Crippen molar-refractivity contribution < 1.29 is 4.79 Å². The Hall–Kier alpha value is -2.99. The van der Waals surface area contributed by atoms with E-state index in [0.29, 0.717) is 16.4 Å². The molecule has 0 saturated carbocycles. The Morgan fingerprint density at radius 1 is 1.08 bits per heavy atom. The Labute approximate surface area is 149 Å². The summed E-state index contributed by atoms with van der Waals surface area (Å²) in [7, 11) is 0. The molecule has 3 aromatic rings. The van der Waals surface area contributed by atoms with Gasteiger partial charge in [-0.05, 0) is 49.4 Å². The highest BCUT2D eigenvalue weighted by Crippen LogP contribution is 2.17. The third kappa shape index (κ3) is 3.92. The van der Waals surface area contributed by atoms with Crippen molar-refractivity contribution in [3.8, 4) is 11.3 Å². The van der Waals surface area contributed by atoms with E-state index in [1.807, 2.05) is 0 Å². The van der Waals surface area contributed by atoms with Crippen LogP contribution in [0.25, 0.3) is 11.3 Å². The zero-order valence-electron chi connectivity index (χ0n) is 13.4. The summed E-state index contributed by atoms with van der Waals surface area (Å²) < 4.78 is 1.17. The molecule has 2 aromatic heterocycles. The van der Waals surface area contributed by atoms with E-state index in [0.717, 1.165) is 5.56 Å². The number of carbonyl (C=O) groups is 1. The number of hydrogen-bond donors (Lipinski definition) is 1. The molecule has 0 aliphatic heterocycles. The van der Waals surface area contributed by atoms with Gasteiger partial charge in [-0.25, -0.2) is 4.68 Å². The van der Waals surface area contributed by atoms with Gasteiger partial charge in [0.15, 0.2) is 0 Å². The number of benzene rings is 1. The predicted molar refractivity (Wildman–Crippen MR) is 96.5 cm³/mol. The minimum absolute atomic E-state index is 0.344. The Morgan fingerprint density at radius 3 is 2.44 bits per heavy atom. The van der Waals surface area contributed by atoms with Gasteiger partial charge in [0.25, 0.3) is 5.56 Å². The van der Waals surface area contributed by atoms with Crippen LogP contribution in [0, 0.1) is 0 Å². The van der Waals surface area contributed by atoms with Crippen molar-refractivity contribution in [1.82, 2.24) is 14.8 Å². The highest BCUT2D eigenvalue weighted by atomic mass is 35.5. The Morgan fingerprint density at radius 2 is 1.76 bits per heavy atom. The van der Waals surface area contributed by atoms with Crippen LogP contribution in [0.15, 0.2) is 65.7 Å². The number of nitrogens with one attached hydrogen (secondary N) is 1. The number of hydrogen-bond acceptors (Lipinski definition) is 4. The second-order valence-corrected chi connectivity index (χ2v) is 5.85. The minimum atomic E-state index is -0.773. The highest BCUT2D eigenvalue weighted by Gasteiger charge is 2.18. The molecule has 0 radical (unpaired) electrons. The summed E-state index contributed by atoms with van der Waals surface area (Å²) in [6.07, 6.45) is 3.28. The van der Waals surface area contributed by atoms with Crippen LogP contribution in [0.5, 0.6) is 0 Å². The van der Waals surface area contributed by atoms with Crippen LogP contribution in [-0.2, 0) is 4.79 Å². The number of carbonyl (C=O) groups excluding carboxylic acids is 1. The summed E-state index contributed by atoms with van der Waals surface area (Å²) in [5.74, 6) is -0.344. The zero-order chi connectivity index (χ0) is 17.8. The monoisotopic (exact) mass is 354 g/mol. The van der Waals surface area contributed by atoms with E-state index in [-0.39, 0.29) is 11.5 Å². The van der Waals surface area contributed by atoms with Gasteiger partial charge < -0.3 is 5.32 Å². The number of nitrogens with zero attached hydrogens (tertiary/aromatic N) is 3. The van der Waals surface area contributed by atoms with Gasteiger partial charge in [0, 0.05) is 34.7 Å². The van der Waals surface area contributed by atoms with Gasteiger partial charge in [-0.3, -0.25) is 14.6 Å². The Balaban J connectivity index is 1.86. The fraction of sp³-hybridized carbons (Fsp3) is 0.111. The van der Waals surface area contributed by atoms with Crippen LogP contribution >= 0.6 is 11.6 Å². The van der Waals surface area contributed by atoms with Gasteiger partial charge >= 0.3 is 0 Å². The molecule has 126 valence electrons. The van der Waals surface area contributed by atoms with Crippen LogP contribution in [0.4, 0.5) is 5.69 Å². The van der Waals surface area contributed by atoms with Gasteiger partial charge in [-0.15, -0.1) is 0 Å². The molecule has 1 aromatic carbocycles. The lowest BCUT2D eigenvalue weighted by Gasteiger charge is -2.15. The summed E-state index contributed by atoms with van der Waals surface area (Å²) in [5.41, 5.74) is 1.65. The first kappa shape index (κ1) is 16.9. The normalized spacial score (nSPS) is 11.8. The van der Waals surface area contributed by atoms with Gasteiger partial charge in [0.1, 0.15) is 6.04 Å². The van der Waals surface area contributed by atoms with E-state index in [9.17, 15) is 9.59 Å². The molecule has 25 heavy (non-hydrogen) atoms. The molecule has 1 N–H and O–H groups in total. The molecule has 6 nitrogen and oxygen atoms in total. The lowest BCUT2D eigenvalue weighted by molar-refractivity contribution is -0.119. The van der Waals surface area contributed by atoms with Crippen molar-refractivity contribution >= 4 is 23.2 Å². The number of amides is 1. The molecule has 0 spiro atoms. The predicted octanol–water partition coefficient (Wildman–Crippen LogP) is 3.16. The zero-order valence-corrected chi connectivity index (χ0v) is 14.1. The van der Waals surface area contributed by atoms with Gasteiger partial charge in [0.05, 0.1) is 5.69 Å². The van der Waals surface area contributed by atoms with Crippen molar-refractivity contribution in [2.24, 2.45) is 0 Å². The fourth-order valence-electron chi connectivity index (χ4n) is 2.27. The van der Waals surface area contributed by atoms with E-state index >= 15 is 0 Å². The summed E-state index contributed by atoms with van der Waals surface area (Å²) in [4.78, 5) is 28.5. The van der Waals surface area contributed by atoms with Gasteiger partial charge in [0.2, 0.25) is 5.91 Å². The first-order valence-electron chi connectivity index (χ1n) is 7.61. The van der Waals surface area contributed by atoms with Crippen LogP contribution in [0.3, 0.4) is 0 Å². The second kappa shape index (κ2) is 7.27. The molecule has 7 heteroatoms. The van der Waals surface area contributed by atoms with Crippen molar-refractivity contribution in [1.29, 1.82) is 0 Å². The van der Waals surface area contributed by atoms with Crippen LogP contribution in [0.1, 0.15) is 13.0 Å². The number of aromatic nitrogens is 3. The number of anilines is 1. The van der Waals surface area contributed by atoms with E-state index < -0.39 is 6.04 Å². The molecule has 2 heterocycles. The lowest BCUT2D eigenvalue weighted by atomic mass is 10.2. The van der Waals surface area contributed by atoms with Gasteiger partial charge in [-0.2, -0.15) is 5.10 Å². The summed E-state index contributed by atoms with van der Waals surface area (Å²) >= 11 is 5.83. The minimum Gasteiger partial charge on any atom is -0.324 e. The van der Waals surface area contributed by atoms with Crippen LogP contribution in [-0.4, -0.2) is 20.7 Å². The molecule has 0 aliphatic carbocycles. The Kier molecular flexibility index (Phi) is 4.90. The molecule has 0 bridgehead atoms. The highest BCUT2D eigenvalue weighted by molar-refractivity contribution is 6.30. The average Bonchev–Trinajstić information content (AvgIpc) is 2.64. The molecule has 1 unspecified atom stereocenters. The van der Waals surface area contributed by atoms with Crippen molar-refractivity contribution in [2.75, 3.05) is 5.32 Å². The average molecular weight is 355 g/mol. The largest absolute Gasteiger partial charge is 0.324 e. The molecule has 0 fully saturated rings. The number of pyridine rings is 1. The quantitative estimate of drug-likeness (QED) is 0.780. The number of halogens is 1. The molecule has 0 aliphatic rings. The van der Waals surface area contributed by atoms with Crippen LogP contribution < -0.4 is 10.9 Å². The van der Waals surface area contributed by atoms with E-state index in [4.69, 9.17) is 11.6 Å². The summed E-state index contributed by atoms with van der Waals surface area (Å²) in [6, 6.07) is 12.6. The van der Waals surface area contributed by atoms with Crippen molar-refractivity contribution in [3.05, 3.63) is 76.3 Å². The van der Waals surface area contributed by atoms with Crippen molar-refractivity contribution in [2.45, 2.75) is 13.0 Å². The maximum atomic E-state index is 12.4. The molecule has 1 amide bonds. The standard InChI is InChI=1S/C18H15ClN4O2/c1-12(18(25)21-15-4-2-14(19)3-5-15)23-17(24)7-6-16(22-23)13-8-10-20-11-9-13/h2-12H,1H3,(H,21,25). The van der Waals surface area contributed by atoms with E-state index in [1.54, 1.807) is 61.8 Å². The topological polar surface area (TPSA) is 76.9 Å². The second-order valence-electron chi connectivity index (χ2n) is 5.41. The lowest BCUT2D eigenvalue weighted by Crippen LogP contribution is -2.33. The smallest absolute Gasteiger partial charge is 0.267 e. The molecule has 1 atom stereocenters. The van der Waals surface area contributed by atoms with Crippen molar-refractivity contribution in [3.63, 3.8) is 0 Å². The molecular weight excluding hydrogens is 340 g/mol. The SMILES string of the molecule is CC(C(=O)Nc1ccc(Cl)cc1)n1nc(-c2ccncc2)ccc1=O. The maximum absolute atomic E-state index is 12.4. The maximum Gasteiger partial charge on any atom is 0.267 e. The molecule has 3 rings (SSSR count). The first-order chi connectivity index (χ1) is 12.0. The fourth-order valence-corrected chi connectivity index (χ4v) is 2.40. The van der Waals surface area contributed by atoms with Gasteiger partial charge in [-0.1, -0.05) is 11.6 Å². The summed E-state index contributed by atoms with van der Waals surface area (Å²) in [5, 5.41) is 7.64. The first-order valence-corrected chi connectivity index (χ1v) is 7.99. The van der Waals surface area contributed by atoms with E-state index in [1.165, 1.54) is 10.7 Å². The third-order valence-electron chi connectivity index (χ3n) is 3.66. The molecular formula is C18H15ClN4O2.